The fourth-order valence-electron chi connectivity index (χ4n) is 3.25. The van der Waals surface area contributed by atoms with E-state index in [2.05, 4.69) is 9.97 Å². The van der Waals surface area contributed by atoms with E-state index in [0.717, 1.165) is 12.3 Å². The normalized spacial score (nSPS) is 12.3. The van der Waals surface area contributed by atoms with E-state index in [0.29, 0.717) is 16.7 Å². The van der Waals surface area contributed by atoms with E-state index in [1.807, 2.05) is 6.07 Å². The zero-order valence-corrected chi connectivity index (χ0v) is 16.5. The van der Waals surface area contributed by atoms with Crippen molar-refractivity contribution in [2.45, 2.75) is 11.1 Å². The second-order valence-electron chi connectivity index (χ2n) is 6.78. The number of alkyl halides is 3. The van der Waals surface area contributed by atoms with Gasteiger partial charge in [0.25, 0.3) is 0 Å². The Morgan fingerprint density at radius 2 is 1.60 bits per heavy atom. The molecular weight excluding hydrogens is 413 g/mol. The molecule has 1 aromatic heterocycles. The van der Waals surface area contributed by atoms with Gasteiger partial charge in [0, 0.05) is 17.4 Å². The largest absolute Gasteiger partial charge is 0.418 e. The van der Waals surface area contributed by atoms with Crippen LogP contribution < -0.4 is 0 Å². The van der Waals surface area contributed by atoms with E-state index in [-0.39, 0.29) is 21.6 Å². The number of para-hydroxylation sites is 1. The molecule has 0 amide bonds. The minimum Gasteiger partial charge on any atom is -0.252 e. The number of aromatic nitrogens is 2. The monoisotopic (exact) mass is 428 g/mol. The van der Waals surface area contributed by atoms with E-state index >= 15 is 0 Å². The van der Waals surface area contributed by atoms with Crippen molar-refractivity contribution in [1.82, 2.24) is 9.97 Å². The first-order valence-electron chi connectivity index (χ1n) is 8.87. The average Bonchev–Trinajstić information content (AvgIpc) is 2.72. The molecular formula is C22H15F3N2O2S. The molecule has 0 radical (unpaired) electrons. The van der Waals surface area contributed by atoms with Crippen molar-refractivity contribution in [1.29, 1.82) is 0 Å². The number of nitrogens with zero attached hydrogens (tertiary/aromatic N) is 2. The third-order valence-corrected chi connectivity index (χ3v) is 5.78. The molecule has 4 rings (SSSR count). The van der Waals surface area contributed by atoms with E-state index in [1.165, 1.54) is 24.4 Å². The van der Waals surface area contributed by atoms with Crippen LogP contribution in [0.1, 0.15) is 5.56 Å². The van der Waals surface area contributed by atoms with Gasteiger partial charge in [-0.1, -0.05) is 48.5 Å². The highest BCUT2D eigenvalue weighted by molar-refractivity contribution is 7.90. The van der Waals surface area contributed by atoms with Crippen LogP contribution in [0.4, 0.5) is 13.2 Å². The third kappa shape index (κ3) is 3.78. The minimum absolute atomic E-state index is 0.0669. The molecule has 0 unspecified atom stereocenters. The van der Waals surface area contributed by atoms with Crippen LogP contribution in [0.2, 0.25) is 0 Å². The lowest BCUT2D eigenvalue weighted by atomic mass is 10.0. The second-order valence-corrected chi connectivity index (χ2v) is 8.76. The van der Waals surface area contributed by atoms with Crippen molar-refractivity contribution in [3.05, 3.63) is 78.5 Å². The molecule has 0 aliphatic rings. The molecule has 0 aliphatic heterocycles. The standard InChI is InChI=1S/C22H15F3N2O2S/c1-30(28,29)20-12-15(10-11-16(20)14-6-3-2-4-7-14)19-13-26-18-9-5-8-17(21(18)27-19)22(23,24)25/h2-13H,1H3. The first-order chi connectivity index (χ1) is 14.1. The highest BCUT2D eigenvalue weighted by Crippen LogP contribution is 2.35. The van der Waals surface area contributed by atoms with Gasteiger partial charge in [0.05, 0.1) is 27.9 Å². The Bertz CT molecular complexity index is 1350. The molecule has 0 saturated carbocycles. The molecule has 8 heteroatoms. The van der Waals surface area contributed by atoms with Gasteiger partial charge in [0.1, 0.15) is 5.52 Å². The zero-order valence-electron chi connectivity index (χ0n) is 15.7. The summed E-state index contributed by atoms with van der Waals surface area (Å²) in [5, 5.41) is 0. The van der Waals surface area contributed by atoms with Gasteiger partial charge >= 0.3 is 6.18 Å². The summed E-state index contributed by atoms with van der Waals surface area (Å²) in [6.45, 7) is 0. The van der Waals surface area contributed by atoms with Crippen molar-refractivity contribution < 1.29 is 21.6 Å². The maximum absolute atomic E-state index is 13.4. The SMILES string of the molecule is CS(=O)(=O)c1cc(-c2cnc3cccc(C(F)(F)F)c3n2)ccc1-c1ccccc1. The predicted molar refractivity (Wildman–Crippen MR) is 109 cm³/mol. The van der Waals surface area contributed by atoms with E-state index in [1.54, 1.807) is 36.4 Å². The lowest BCUT2D eigenvalue weighted by molar-refractivity contribution is -0.136. The van der Waals surface area contributed by atoms with E-state index < -0.39 is 21.6 Å². The Hall–Kier alpha value is -3.26. The van der Waals surface area contributed by atoms with Crippen LogP contribution in [0, 0.1) is 0 Å². The van der Waals surface area contributed by atoms with Gasteiger partial charge in [-0.2, -0.15) is 13.2 Å². The summed E-state index contributed by atoms with van der Waals surface area (Å²) in [7, 11) is -3.61. The topological polar surface area (TPSA) is 59.9 Å². The Kier molecular flexibility index (Phi) is 4.82. The molecule has 0 saturated heterocycles. The average molecular weight is 428 g/mol. The third-order valence-electron chi connectivity index (χ3n) is 4.64. The number of hydrogen-bond acceptors (Lipinski definition) is 4. The second kappa shape index (κ2) is 7.21. The van der Waals surface area contributed by atoms with Crippen molar-refractivity contribution >= 4 is 20.9 Å². The van der Waals surface area contributed by atoms with Gasteiger partial charge in [0.2, 0.25) is 0 Å². The van der Waals surface area contributed by atoms with Crippen LogP contribution in [0.15, 0.2) is 77.8 Å². The van der Waals surface area contributed by atoms with Crippen LogP contribution in [0.3, 0.4) is 0 Å². The highest BCUT2D eigenvalue weighted by Gasteiger charge is 2.33. The Morgan fingerprint density at radius 1 is 0.867 bits per heavy atom. The fourth-order valence-corrected chi connectivity index (χ4v) is 4.17. The molecule has 1 heterocycles. The summed E-state index contributed by atoms with van der Waals surface area (Å²) in [6, 6.07) is 17.3. The summed E-state index contributed by atoms with van der Waals surface area (Å²) in [6.07, 6.45) is -2.15. The van der Waals surface area contributed by atoms with Crippen LogP contribution in [0.5, 0.6) is 0 Å². The summed E-state index contributed by atoms with van der Waals surface area (Å²) >= 11 is 0. The smallest absolute Gasteiger partial charge is 0.252 e. The molecule has 3 aromatic carbocycles. The lowest BCUT2D eigenvalue weighted by Crippen LogP contribution is -2.07. The van der Waals surface area contributed by atoms with Crippen molar-refractivity contribution in [2.75, 3.05) is 6.26 Å². The number of hydrogen-bond donors (Lipinski definition) is 0. The van der Waals surface area contributed by atoms with Crippen molar-refractivity contribution in [3.63, 3.8) is 0 Å². The van der Waals surface area contributed by atoms with Gasteiger partial charge in [-0.15, -0.1) is 0 Å². The van der Waals surface area contributed by atoms with Gasteiger partial charge in [-0.25, -0.2) is 13.4 Å². The van der Waals surface area contributed by atoms with Crippen LogP contribution in [0.25, 0.3) is 33.4 Å². The molecule has 4 nitrogen and oxygen atoms in total. The Balaban J connectivity index is 1.92. The number of benzene rings is 3. The van der Waals surface area contributed by atoms with Crippen molar-refractivity contribution in [3.8, 4) is 22.4 Å². The Morgan fingerprint density at radius 3 is 2.27 bits per heavy atom. The maximum atomic E-state index is 13.4. The molecule has 0 aliphatic carbocycles. The van der Waals surface area contributed by atoms with Gasteiger partial charge in [-0.3, -0.25) is 4.98 Å². The maximum Gasteiger partial charge on any atom is 0.418 e. The fraction of sp³-hybridized carbons (Fsp3) is 0.0909. The summed E-state index contributed by atoms with van der Waals surface area (Å²) < 4.78 is 64.9. The first kappa shape index (κ1) is 20.0. The van der Waals surface area contributed by atoms with Gasteiger partial charge < -0.3 is 0 Å². The molecule has 30 heavy (non-hydrogen) atoms. The van der Waals surface area contributed by atoms with Crippen molar-refractivity contribution in [2.24, 2.45) is 0 Å². The van der Waals surface area contributed by atoms with Gasteiger partial charge in [0.15, 0.2) is 9.84 Å². The molecule has 0 atom stereocenters. The van der Waals surface area contributed by atoms with E-state index in [4.69, 9.17) is 0 Å². The van der Waals surface area contributed by atoms with Gasteiger partial charge in [-0.05, 0) is 23.8 Å². The lowest BCUT2D eigenvalue weighted by Gasteiger charge is -2.12. The number of rotatable bonds is 3. The Labute approximate surface area is 171 Å². The molecule has 0 N–H and O–H groups in total. The zero-order chi connectivity index (χ0) is 21.5. The first-order valence-corrected chi connectivity index (χ1v) is 10.8. The number of sulfone groups is 1. The molecule has 152 valence electrons. The minimum atomic E-state index is -4.58. The number of fused-ring (bicyclic) bond motifs is 1. The quantitative estimate of drug-likeness (QED) is 0.439. The summed E-state index contributed by atoms with van der Waals surface area (Å²) in [5.41, 5.74) is 0.678. The van der Waals surface area contributed by atoms with E-state index in [9.17, 15) is 21.6 Å². The summed E-state index contributed by atoms with van der Waals surface area (Å²) in [4.78, 5) is 8.32. The molecule has 0 spiro atoms. The van der Waals surface area contributed by atoms with Crippen LogP contribution in [-0.2, 0) is 16.0 Å². The molecule has 0 fully saturated rings. The predicted octanol–water partition coefficient (Wildman–Crippen LogP) is 5.39. The molecule has 0 bridgehead atoms. The molecule has 4 aromatic rings. The van der Waals surface area contributed by atoms with Crippen LogP contribution >= 0.6 is 0 Å². The number of halogens is 3. The summed E-state index contributed by atoms with van der Waals surface area (Å²) in [5.74, 6) is 0. The highest BCUT2D eigenvalue weighted by atomic mass is 32.2. The van der Waals surface area contributed by atoms with Crippen LogP contribution in [-0.4, -0.2) is 24.6 Å².